The minimum Gasteiger partial charge on any atom is -0.299 e. The first-order valence-electron chi connectivity index (χ1n) is 11.9. The van der Waals surface area contributed by atoms with E-state index in [2.05, 4.69) is 19.2 Å². The number of carbonyl (C=O) groups is 1. The van der Waals surface area contributed by atoms with Crippen molar-refractivity contribution < 1.29 is 13.2 Å². The largest absolute Gasteiger partial charge is 0.299 e. The number of sulfonamides is 1. The summed E-state index contributed by atoms with van der Waals surface area (Å²) in [5.41, 5.74) is 0.106. The molecule has 5 rings (SSSR count). The quantitative estimate of drug-likeness (QED) is 0.685. The number of benzene rings is 2. The van der Waals surface area contributed by atoms with Crippen molar-refractivity contribution in [1.82, 2.24) is 9.62 Å². The molecule has 33 heavy (non-hydrogen) atoms. The number of ketones is 1. The van der Waals surface area contributed by atoms with Gasteiger partial charge in [0.2, 0.25) is 10.0 Å². The van der Waals surface area contributed by atoms with Gasteiger partial charge >= 0.3 is 0 Å². The highest BCUT2D eigenvalue weighted by atomic mass is 32.2. The molecule has 2 aromatic carbocycles. The molecular formula is C27H34N2O3S. The summed E-state index contributed by atoms with van der Waals surface area (Å²) in [5.74, 6) is 0.304. The van der Waals surface area contributed by atoms with Crippen LogP contribution in [-0.4, -0.2) is 29.9 Å². The number of nitrogens with one attached hydrogen (secondary N) is 1. The molecule has 2 bridgehead atoms. The maximum atomic E-state index is 14.3. The SMILES string of the molecule is CC1(C)NC(c2ccccc2)[C@@H](c2ccccc2)N1S(=O)(=O)C[C@@]12CCC(CC1=O)C2(C)C. The number of fused-ring (bicyclic) bond motifs is 2. The van der Waals surface area contributed by atoms with Crippen molar-refractivity contribution in [3.8, 4) is 0 Å². The summed E-state index contributed by atoms with van der Waals surface area (Å²) < 4.78 is 30.3. The van der Waals surface area contributed by atoms with E-state index in [0.29, 0.717) is 12.8 Å². The lowest BCUT2D eigenvalue weighted by Crippen LogP contribution is -2.53. The van der Waals surface area contributed by atoms with Gasteiger partial charge in [0.1, 0.15) is 5.78 Å². The standard InChI is InChI=1S/C27H34N2O3S/c1-25(2)21-15-16-27(25,22(30)17-21)18-33(31,32)29-24(20-13-9-6-10-14-20)23(28-26(29,3)4)19-11-7-5-8-12-19/h5-14,21,23-24,28H,15-18H2,1-4H3/t21?,23?,24-,27+/m1/s1. The van der Waals surface area contributed by atoms with Gasteiger partial charge in [-0.05, 0) is 49.1 Å². The molecule has 4 atom stereocenters. The molecule has 0 amide bonds. The molecule has 2 saturated carbocycles. The van der Waals surface area contributed by atoms with Crippen LogP contribution < -0.4 is 5.32 Å². The Labute approximate surface area is 197 Å². The predicted octanol–water partition coefficient (Wildman–Crippen LogP) is 4.84. The summed E-state index contributed by atoms with van der Waals surface area (Å²) >= 11 is 0. The highest BCUT2D eigenvalue weighted by Gasteiger charge is 2.66. The predicted molar refractivity (Wildman–Crippen MR) is 130 cm³/mol. The number of hydrogen-bond acceptors (Lipinski definition) is 4. The summed E-state index contributed by atoms with van der Waals surface area (Å²) in [6.45, 7) is 8.06. The van der Waals surface area contributed by atoms with Crippen LogP contribution in [0.15, 0.2) is 60.7 Å². The maximum absolute atomic E-state index is 14.3. The Bertz CT molecular complexity index is 1160. The lowest BCUT2D eigenvalue weighted by atomic mass is 9.70. The van der Waals surface area contributed by atoms with Gasteiger partial charge in [-0.2, -0.15) is 4.31 Å². The summed E-state index contributed by atoms with van der Waals surface area (Å²) in [7, 11) is -3.79. The molecule has 3 fully saturated rings. The third-order valence-electron chi connectivity index (χ3n) is 8.80. The molecule has 1 N–H and O–H groups in total. The van der Waals surface area contributed by atoms with E-state index in [1.165, 1.54) is 0 Å². The van der Waals surface area contributed by atoms with Crippen molar-refractivity contribution in [3.05, 3.63) is 71.8 Å². The van der Waals surface area contributed by atoms with Gasteiger partial charge in [0.05, 0.1) is 23.5 Å². The van der Waals surface area contributed by atoms with Crippen LogP contribution in [0.4, 0.5) is 0 Å². The molecule has 2 aliphatic carbocycles. The Morgan fingerprint density at radius 2 is 1.52 bits per heavy atom. The Morgan fingerprint density at radius 3 is 2.03 bits per heavy atom. The van der Waals surface area contributed by atoms with Crippen molar-refractivity contribution >= 4 is 15.8 Å². The van der Waals surface area contributed by atoms with Crippen LogP contribution in [0.25, 0.3) is 0 Å². The minimum absolute atomic E-state index is 0.113. The van der Waals surface area contributed by atoms with Crippen molar-refractivity contribution in [3.63, 3.8) is 0 Å². The van der Waals surface area contributed by atoms with E-state index < -0.39 is 27.1 Å². The molecule has 2 aromatic rings. The van der Waals surface area contributed by atoms with E-state index in [9.17, 15) is 13.2 Å². The molecule has 3 aliphatic rings. The van der Waals surface area contributed by atoms with E-state index in [1.54, 1.807) is 4.31 Å². The second kappa shape index (κ2) is 7.49. The summed E-state index contributed by atoms with van der Waals surface area (Å²) in [5, 5.41) is 3.61. The van der Waals surface area contributed by atoms with Crippen LogP contribution in [0.1, 0.15) is 70.2 Å². The Morgan fingerprint density at radius 1 is 0.939 bits per heavy atom. The number of Topliss-reactive ketones (excluding diaryl/α,β-unsaturated/α-hetero) is 1. The molecule has 0 spiro atoms. The van der Waals surface area contributed by atoms with Crippen LogP contribution in [-0.2, 0) is 14.8 Å². The summed E-state index contributed by atoms with van der Waals surface area (Å²) in [4.78, 5) is 13.2. The lowest BCUT2D eigenvalue weighted by Gasteiger charge is -2.40. The number of carbonyl (C=O) groups excluding carboxylic acids is 1. The van der Waals surface area contributed by atoms with Gasteiger partial charge in [-0.1, -0.05) is 74.5 Å². The Hall–Kier alpha value is -2.02. The molecular weight excluding hydrogens is 432 g/mol. The third-order valence-corrected chi connectivity index (χ3v) is 10.9. The van der Waals surface area contributed by atoms with Gasteiger partial charge in [-0.3, -0.25) is 10.1 Å². The average Bonchev–Trinajstić information content (AvgIpc) is 3.27. The zero-order chi connectivity index (χ0) is 23.6. The molecule has 1 heterocycles. The van der Waals surface area contributed by atoms with E-state index in [-0.39, 0.29) is 28.9 Å². The van der Waals surface area contributed by atoms with Crippen LogP contribution >= 0.6 is 0 Å². The maximum Gasteiger partial charge on any atom is 0.217 e. The summed E-state index contributed by atoms with van der Waals surface area (Å²) in [6.07, 6.45) is 2.12. The van der Waals surface area contributed by atoms with E-state index in [1.807, 2.05) is 74.5 Å². The van der Waals surface area contributed by atoms with Gasteiger partial charge in [-0.25, -0.2) is 8.42 Å². The van der Waals surface area contributed by atoms with Gasteiger partial charge in [0, 0.05) is 11.8 Å². The van der Waals surface area contributed by atoms with E-state index in [0.717, 1.165) is 17.5 Å². The van der Waals surface area contributed by atoms with Crippen molar-refractivity contribution in [2.75, 3.05) is 5.75 Å². The Balaban J connectivity index is 1.61. The topological polar surface area (TPSA) is 66.5 Å². The van der Waals surface area contributed by atoms with Crippen molar-refractivity contribution in [2.24, 2.45) is 16.7 Å². The van der Waals surface area contributed by atoms with Gasteiger partial charge in [0.15, 0.2) is 0 Å². The monoisotopic (exact) mass is 466 g/mol. The highest BCUT2D eigenvalue weighted by Crippen LogP contribution is 2.64. The first-order chi connectivity index (χ1) is 15.5. The van der Waals surface area contributed by atoms with E-state index in [4.69, 9.17) is 0 Å². The van der Waals surface area contributed by atoms with Crippen LogP contribution in [0.2, 0.25) is 0 Å². The van der Waals surface area contributed by atoms with Crippen molar-refractivity contribution in [1.29, 1.82) is 0 Å². The molecule has 1 saturated heterocycles. The van der Waals surface area contributed by atoms with Gasteiger partial charge in [-0.15, -0.1) is 0 Å². The fourth-order valence-electron chi connectivity index (χ4n) is 6.92. The molecule has 1 aliphatic heterocycles. The zero-order valence-electron chi connectivity index (χ0n) is 19.9. The van der Waals surface area contributed by atoms with Crippen LogP contribution in [0, 0.1) is 16.7 Å². The number of hydrogen-bond donors (Lipinski definition) is 1. The second-order valence-electron chi connectivity index (χ2n) is 11.2. The van der Waals surface area contributed by atoms with Gasteiger partial charge < -0.3 is 0 Å². The molecule has 5 nitrogen and oxygen atoms in total. The number of nitrogens with zero attached hydrogens (tertiary/aromatic N) is 1. The molecule has 6 heteroatoms. The first kappa shape index (κ1) is 22.8. The highest BCUT2D eigenvalue weighted by molar-refractivity contribution is 7.89. The van der Waals surface area contributed by atoms with Crippen LogP contribution in [0.5, 0.6) is 0 Å². The first-order valence-corrected chi connectivity index (χ1v) is 13.5. The fraction of sp³-hybridized carbons (Fsp3) is 0.519. The fourth-order valence-corrected chi connectivity index (χ4v) is 9.70. The molecule has 0 aromatic heterocycles. The Kier molecular flexibility index (Phi) is 5.16. The molecule has 176 valence electrons. The normalized spacial score (nSPS) is 33.0. The lowest BCUT2D eigenvalue weighted by molar-refractivity contribution is -0.128. The van der Waals surface area contributed by atoms with Crippen LogP contribution in [0.3, 0.4) is 0 Å². The van der Waals surface area contributed by atoms with Crippen molar-refractivity contribution in [2.45, 2.75) is 64.7 Å². The molecule has 0 radical (unpaired) electrons. The average molecular weight is 467 g/mol. The van der Waals surface area contributed by atoms with Gasteiger partial charge in [0.25, 0.3) is 0 Å². The minimum atomic E-state index is -3.79. The zero-order valence-corrected chi connectivity index (χ0v) is 20.7. The molecule has 2 unspecified atom stereocenters. The number of rotatable bonds is 5. The van der Waals surface area contributed by atoms with E-state index >= 15 is 0 Å². The smallest absolute Gasteiger partial charge is 0.217 e. The third kappa shape index (κ3) is 3.33. The summed E-state index contributed by atoms with van der Waals surface area (Å²) in [6, 6.07) is 19.3. The second-order valence-corrected chi connectivity index (χ2v) is 13.0.